The maximum atomic E-state index is 3.92. The predicted octanol–water partition coefficient (Wildman–Crippen LogP) is 3.52. The quantitative estimate of drug-likeness (QED) is 0.751. The maximum Gasteiger partial charge on any atom is 0.0309 e. The molecule has 1 unspecified atom stereocenters. The molecule has 1 aliphatic heterocycles. The first-order valence-electron chi connectivity index (χ1n) is 8.28. The highest BCUT2D eigenvalue weighted by Crippen LogP contribution is 2.32. The Balaban J connectivity index is 1.85. The van der Waals surface area contributed by atoms with Crippen LogP contribution in [0.4, 0.5) is 0 Å². The second kappa shape index (κ2) is 7.90. The van der Waals surface area contributed by atoms with Gasteiger partial charge in [-0.2, -0.15) is 11.8 Å². The molecule has 1 N–H and O–H groups in total. The first kappa shape index (κ1) is 15.7. The Bertz CT molecular complexity index is 251. The van der Waals surface area contributed by atoms with Crippen molar-refractivity contribution >= 4 is 11.8 Å². The van der Waals surface area contributed by atoms with E-state index in [1.807, 2.05) is 11.8 Å². The van der Waals surface area contributed by atoms with Crippen LogP contribution < -0.4 is 5.32 Å². The van der Waals surface area contributed by atoms with Gasteiger partial charge >= 0.3 is 0 Å². The topological polar surface area (TPSA) is 15.3 Å². The highest BCUT2D eigenvalue weighted by Gasteiger charge is 2.38. The van der Waals surface area contributed by atoms with E-state index in [1.54, 1.807) is 0 Å². The molecule has 1 atom stereocenters. The molecule has 1 saturated heterocycles. The molecular weight excluding hydrogens is 252 g/mol. The van der Waals surface area contributed by atoms with Gasteiger partial charge in [0.05, 0.1) is 0 Å². The molecule has 0 aromatic carbocycles. The number of hydrogen-bond donors (Lipinski definition) is 1. The van der Waals surface area contributed by atoms with Crippen LogP contribution >= 0.6 is 11.8 Å². The van der Waals surface area contributed by atoms with E-state index in [-0.39, 0.29) is 0 Å². The number of unbranched alkanes of at least 4 members (excludes halogenated alkanes) is 1. The summed E-state index contributed by atoms with van der Waals surface area (Å²) in [6.07, 6.45) is 13.4. The number of thioether (sulfide) groups is 1. The van der Waals surface area contributed by atoms with Gasteiger partial charge in [-0.3, -0.25) is 4.90 Å². The average molecular weight is 285 g/mol. The van der Waals surface area contributed by atoms with E-state index < -0.39 is 0 Å². The van der Waals surface area contributed by atoms with Gasteiger partial charge in [-0.05, 0) is 50.7 Å². The highest BCUT2D eigenvalue weighted by molar-refractivity contribution is 7.98. The molecule has 1 heterocycles. The van der Waals surface area contributed by atoms with Gasteiger partial charge in [0, 0.05) is 24.7 Å². The van der Waals surface area contributed by atoms with Crippen LogP contribution in [0.15, 0.2) is 0 Å². The molecular formula is C16H32N2S. The second-order valence-electron chi connectivity index (χ2n) is 6.45. The summed E-state index contributed by atoms with van der Waals surface area (Å²) in [6.45, 7) is 6.20. The lowest BCUT2D eigenvalue weighted by Crippen LogP contribution is -2.64. The summed E-state index contributed by atoms with van der Waals surface area (Å²) < 4.78 is 0. The third-order valence-electron chi connectivity index (χ3n) is 5.06. The smallest absolute Gasteiger partial charge is 0.0309 e. The Labute approximate surface area is 124 Å². The van der Waals surface area contributed by atoms with Crippen molar-refractivity contribution in [1.82, 2.24) is 10.2 Å². The van der Waals surface area contributed by atoms with Crippen LogP contribution in [0.3, 0.4) is 0 Å². The Morgan fingerprint density at radius 3 is 2.68 bits per heavy atom. The van der Waals surface area contributed by atoms with Crippen LogP contribution in [-0.2, 0) is 0 Å². The average Bonchev–Trinajstić information content (AvgIpc) is 2.45. The predicted molar refractivity (Wildman–Crippen MR) is 87.1 cm³/mol. The Kier molecular flexibility index (Phi) is 6.51. The lowest BCUT2D eigenvalue weighted by molar-refractivity contribution is 0.0532. The number of rotatable bonds is 6. The van der Waals surface area contributed by atoms with Crippen molar-refractivity contribution in [1.29, 1.82) is 0 Å². The van der Waals surface area contributed by atoms with Gasteiger partial charge in [0.25, 0.3) is 0 Å². The van der Waals surface area contributed by atoms with E-state index in [0.717, 1.165) is 6.04 Å². The molecule has 1 spiro atoms. The van der Waals surface area contributed by atoms with E-state index in [0.29, 0.717) is 5.54 Å². The van der Waals surface area contributed by atoms with Crippen molar-refractivity contribution in [2.45, 2.75) is 69.9 Å². The van der Waals surface area contributed by atoms with Crippen LogP contribution in [0.1, 0.15) is 58.3 Å². The molecule has 19 heavy (non-hydrogen) atoms. The summed E-state index contributed by atoms with van der Waals surface area (Å²) in [6, 6.07) is 0.779. The van der Waals surface area contributed by atoms with Crippen molar-refractivity contribution in [3.63, 3.8) is 0 Å². The third kappa shape index (κ3) is 4.37. The lowest BCUT2D eigenvalue weighted by Gasteiger charge is -2.49. The molecule has 1 aliphatic carbocycles. The second-order valence-corrected chi connectivity index (χ2v) is 7.44. The molecule has 3 heteroatoms. The van der Waals surface area contributed by atoms with Crippen molar-refractivity contribution in [3.05, 3.63) is 0 Å². The molecule has 0 bridgehead atoms. The fraction of sp³-hybridized carbons (Fsp3) is 1.00. The first-order chi connectivity index (χ1) is 9.29. The number of piperazine rings is 1. The molecule has 1 saturated carbocycles. The van der Waals surface area contributed by atoms with E-state index >= 15 is 0 Å². The van der Waals surface area contributed by atoms with Gasteiger partial charge in [0.15, 0.2) is 0 Å². The zero-order valence-electron chi connectivity index (χ0n) is 12.9. The van der Waals surface area contributed by atoms with Crippen LogP contribution in [0.2, 0.25) is 0 Å². The number of hydrogen-bond acceptors (Lipinski definition) is 3. The maximum absolute atomic E-state index is 3.92. The Morgan fingerprint density at radius 2 is 2.00 bits per heavy atom. The van der Waals surface area contributed by atoms with Crippen molar-refractivity contribution in [2.24, 2.45) is 0 Å². The summed E-state index contributed by atoms with van der Waals surface area (Å²) in [5, 5.41) is 3.92. The Morgan fingerprint density at radius 1 is 1.21 bits per heavy atom. The lowest BCUT2D eigenvalue weighted by atomic mass is 9.79. The number of nitrogens with one attached hydrogen (secondary N) is 1. The van der Waals surface area contributed by atoms with Crippen LogP contribution in [0.5, 0.6) is 0 Å². The van der Waals surface area contributed by atoms with Crippen LogP contribution in [-0.4, -0.2) is 48.1 Å². The van der Waals surface area contributed by atoms with Gasteiger partial charge in [0.2, 0.25) is 0 Å². The molecule has 0 aromatic heterocycles. The molecule has 0 aromatic rings. The molecule has 2 nitrogen and oxygen atoms in total. The standard InChI is InChI=1S/C16H32N2S/c1-3-15-13-17-16(9-5-4-6-10-16)14-18(15)11-7-8-12-19-2/h15,17H,3-14H2,1-2H3. The third-order valence-corrected chi connectivity index (χ3v) is 5.76. The summed E-state index contributed by atoms with van der Waals surface area (Å²) in [7, 11) is 0. The molecule has 2 rings (SSSR count). The zero-order valence-corrected chi connectivity index (χ0v) is 13.7. The van der Waals surface area contributed by atoms with E-state index in [2.05, 4.69) is 23.4 Å². The fourth-order valence-corrected chi connectivity index (χ4v) is 4.32. The SMILES string of the molecule is CCC1CNC2(CCCCC2)CN1CCCCSC. The molecule has 112 valence electrons. The largest absolute Gasteiger partial charge is 0.308 e. The van der Waals surface area contributed by atoms with Crippen LogP contribution in [0, 0.1) is 0 Å². The molecule has 2 aliphatic rings. The van der Waals surface area contributed by atoms with Gasteiger partial charge in [-0.25, -0.2) is 0 Å². The normalized spacial score (nSPS) is 27.8. The van der Waals surface area contributed by atoms with Gasteiger partial charge in [-0.1, -0.05) is 26.2 Å². The molecule has 0 radical (unpaired) electrons. The van der Waals surface area contributed by atoms with Crippen molar-refractivity contribution < 1.29 is 0 Å². The summed E-state index contributed by atoms with van der Waals surface area (Å²) in [4.78, 5) is 2.81. The summed E-state index contributed by atoms with van der Waals surface area (Å²) in [5.41, 5.74) is 0.476. The van der Waals surface area contributed by atoms with Gasteiger partial charge in [0.1, 0.15) is 0 Å². The first-order valence-corrected chi connectivity index (χ1v) is 9.67. The van der Waals surface area contributed by atoms with Crippen molar-refractivity contribution in [2.75, 3.05) is 31.6 Å². The van der Waals surface area contributed by atoms with E-state index in [9.17, 15) is 0 Å². The summed E-state index contributed by atoms with van der Waals surface area (Å²) in [5.74, 6) is 1.33. The van der Waals surface area contributed by atoms with E-state index in [1.165, 1.54) is 76.8 Å². The summed E-state index contributed by atoms with van der Waals surface area (Å²) >= 11 is 1.99. The minimum atomic E-state index is 0.476. The van der Waals surface area contributed by atoms with Gasteiger partial charge < -0.3 is 5.32 Å². The highest BCUT2D eigenvalue weighted by atomic mass is 32.2. The molecule has 0 amide bonds. The monoisotopic (exact) mass is 284 g/mol. The van der Waals surface area contributed by atoms with Gasteiger partial charge in [-0.15, -0.1) is 0 Å². The molecule has 2 fully saturated rings. The minimum absolute atomic E-state index is 0.476. The van der Waals surface area contributed by atoms with E-state index in [4.69, 9.17) is 0 Å². The fourth-order valence-electron chi connectivity index (χ4n) is 3.83. The number of nitrogens with zero attached hydrogens (tertiary/aromatic N) is 1. The minimum Gasteiger partial charge on any atom is -0.308 e. The van der Waals surface area contributed by atoms with Crippen molar-refractivity contribution in [3.8, 4) is 0 Å². The van der Waals surface area contributed by atoms with Crippen LogP contribution in [0.25, 0.3) is 0 Å². The Hall–Kier alpha value is 0.270. The zero-order chi connectivity index (χ0) is 13.6.